The first kappa shape index (κ1) is 14.7. The molecule has 0 spiro atoms. The van der Waals surface area contributed by atoms with Gasteiger partial charge in [-0.2, -0.15) is 0 Å². The molecule has 0 aromatic heterocycles. The van der Waals surface area contributed by atoms with Crippen LogP contribution in [0.5, 0.6) is 0 Å². The van der Waals surface area contributed by atoms with Crippen LogP contribution in [0.25, 0.3) is 4.85 Å². The molecule has 0 atom stereocenters. The van der Waals surface area contributed by atoms with E-state index in [1.807, 2.05) is 24.3 Å². The van der Waals surface area contributed by atoms with Gasteiger partial charge in [0.05, 0.1) is 0 Å². The summed E-state index contributed by atoms with van der Waals surface area (Å²) in [5.74, 6) is -0.0295. The van der Waals surface area contributed by atoms with Crippen LogP contribution in [0.15, 0.2) is 53.4 Å². The summed E-state index contributed by atoms with van der Waals surface area (Å²) >= 11 is -0.0824. The number of sulfone groups is 1. The number of nitrogens with zero attached hydrogens (tertiary/aromatic N) is 1. The van der Waals surface area contributed by atoms with Crippen molar-refractivity contribution in [1.29, 1.82) is 0 Å². The van der Waals surface area contributed by atoms with Gasteiger partial charge in [-0.15, -0.1) is 0 Å². The summed E-state index contributed by atoms with van der Waals surface area (Å²) in [7, 11) is -3.37. The molecule has 2 aromatic rings. The zero-order chi connectivity index (χ0) is 14.6. The fourth-order valence-electron chi connectivity index (χ4n) is 1.73. The number of hydrogen-bond acceptors (Lipinski definition) is 2. The van der Waals surface area contributed by atoms with Gasteiger partial charge >= 0.3 is 119 Å². The predicted molar refractivity (Wildman–Crippen MR) is 82.5 cm³/mol. The molecule has 0 radical (unpaired) electrons. The van der Waals surface area contributed by atoms with Crippen molar-refractivity contribution in [2.75, 3.05) is 0 Å². The summed E-state index contributed by atoms with van der Waals surface area (Å²) < 4.78 is 25.7. The summed E-state index contributed by atoms with van der Waals surface area (Å²) in [5, 5.41) is 3.88. The van der Waals surface area contributed by atoms with Crippen molar-refractivity contribution in [2.24, 2.45) is 0 Å². The molecule has 0 aliphatic carbocycles. The van der Waals surface area contributed by atoms with E-state index >= 15 is 0 Å². The Labute approximate surface area is 125 Å². The first-order valence-electron chi connectivity index (χ1n) is 5.81. The monoisotopic (exact) mass is 345 g/mol. The van der Waals surface area contributed by atoms with Gasteiger partial charge in [-0.3, -0.25) is 0 Å². The zero-order valence-corrected chi connectivity index (χ0v) is 13.3. The molecule has 2 aromatic carbocycles. The maximum atomic E-state index is 12.3. The molecule has 0 bridgehead atoms. The number of benzene rings is 2. The van der Waals surface area contributed by atoms with E-state index in [1.165, 1.54) is 28.6 Å². The second-order valence-corrected chi connectivity index (χ2v) is 7.93. The summed E-state index contributed by atoms with van der Waals surface area (Å²) in [6.07, 6.45) is 0. The average molecular weight is 345 g/mol. The van der Waals surface area contributed by atoms with Crippen LogP contribution < -0.4 is 4.35 Å². The molecule has 2 rings (SSSR count). The molecule has 5 heteroatoms. The van der Waals surface area contributed by atoms with Crippen LogP contribution in [-0.2, 0) is 15.6 Å². The van der Waals surface area contributed by atoms with Crippen LogP contribution in [0.2, 0.25) is 0 Å². The van der Waals surface area contributed by atoms with E-state index in [0.717, 1.165) is 5.56 Å². The molecule has 0 N–H and O–H groups in total. The van der Waals surface area contributed by atoms with Crippen molar-refractivity contribution >= 4 is 40.5 Å². The van der Waals surface area contributed by atoms with Gasteiger partial charge in [0, 0.05) is 0 Å². The first-order chi connectivity index (χ1) is 9.55. The second kappa shape index (κ2) is 6.17. The Kier molecular flexibility index (Phi) is 4.54. The zero-order valence-electron chi connectivity index (χ0n) is 10.7. The van der Waals surface area contributed by atoms with E-state index in [-0.39, 0.29) is 26.0 Å². The van der Waals surface area contributed by atoms with Gasteiger partial charge in [0.15, 0.2) is 0 Å². The molecule has 0 unspecified atom stereocenters. The van der Waals surface area contributed by atoms with Crippen LogP contribution >= 0.6 is 0 Å². The molecular weight excluding hydrogens is 333 g/mol. The standard InChI is InChI=1S/C15H12AsNO2S/c1-16-13-5-3-12(4-6-13)11-20(18,19)15-9-7-14(17-2)8-10-15/h3-10H,1,11H2. The molecule has 0 saturated heterocycles. The van der Waals surface area contributed by atoms with Crippen molar-refractivity contribution in [3.8, 4) is 0 Å². The van der Waals surface area contributed by atoms with E-state index in [4.69, 9.17) is 6.57 Å². The van der Waals surface area contributed by atoms with Gasteiger partial charge in [-0.25, -0.2) is 0 Å². The summed E-state index contributed by atoms with van der Waals surface area (Å²) in [5.41, 5.74) is 1.20. The maximum absolute atomic E-state index is 12.3. The third-order valence-electron chi connectivity index (χ3n) is 2.80. The fraction of sp³-hybridized carbons (Fsp3) is 0.0667. The molecule has 3 nitrogen and oxygen atoms in total. The van der Waals surface area contributed by atoms with Crippen molar-refractivity contribution in [3.63, 3.8) is 0 Å². The van der Waals surface area contributed by atoms with E-state index in [1.54, 1.807) is 0 Å². The first-order valence-corrected chi connectivity index (χ1v) is 9.73. The van der Waals surface area contributed by atoms with Gasteiger partial charge in [-0.1, -0.05) is 0 Å². The summed E-state index contributed by atoms with van der Waals surface area (Å²) in [4.78, 5) is 3.50. The molecule has 0 aliphatic heterocycles. The van der Waals surface area contributed by atoms with E-state index in [9.17, 15) is 8.42 Å². The van der Waals surface area contributed by atoms with Gasteiger partial charge in [-0.05, 0) is 0 Å². The van der Waals surface area contributed by atoms with E-state index in [2.05, 4.69) is 10.2 Å². The summed E-state index contributed by atoms with van der Waals surface area (Å²) in [6, 6.07) is 13.5. The minimum absolute atomic E-state index is 0.0295. The Morgan fingerprint density at radius 1 is 1.05 bits per heavy atom. The minimum atomic E-state index is -3.37. The molecule has 0 amide bonds. The van der Waals surface area contributed by atoms with Crippen molar-refractivity contribution < 1.29 is 8.42 Å². The fourth-order valence-corrected chi connectivity index (χ4v) is 3.83. The third-order valence-corrected chi connectivity index (χ3v) is 5.90. The Morgan fingerprint density at radius 2 is 1.65 bits per heavy atom. The van der Waals surface area contributed by atoms with Crippen molar-refractivity contribution in [3.05, 3.63) is 65.5 Å². The predicted octanol–water partition coefficient (Wildman–Crippen LogP) is 1.97. The molecule has 0 fully saturated rings. The van der Waals surface area contributed by atoms with Crippen LogP contribution in [0, 0.1) is 6.57 Å². The van der Waals surface area contributed by atoms with E-state index < -0.39 is 9.84 Å². The van der Waals surface area contributed by atoms with Gasteiger partial charge in [0.1, 0.15) is 0 Å². The molecule has 0 saturated carbocycles. The Balaban J connectivity index is 2.25. The van der Waals surface area contributed by atoms with Gasteiger partial charge in [0.25, 0.3) is 0 Å². The molecule has 0 heterocycles. The molecule has 0 aliphatic rings. The number of rotatable bonds is 4. The van der Waals surface area contributed by atoms with Crippen molar-refractivity contribution in [1.82, 2.24) is 0 Å². The average Bonchev–Trinajstić information content (AvgIpc) is 2.48. The normalized spacial score (nSPS) is 11.2. The second-order valence-electron chi connectivity index (χ2n) is 4.19. The molecular formula is C15H12AsNO2S. The summed E-state index contributed by atoms with van der Waals surface area (Å²) in [6.45, 7) is 6.86. The molecule has 100 valence electrons. The van der Waals surface area contributed by atoms with Crippen LogP contribution in [-0.4, -0.2) is 29.0 Å². The SMILES string of the molecule is [C-]#[N+]c1ccc(S(=O)(=O)Cc2ccc([As]=C)cc2)cc1. The number of hydrogen-bond donors (Lipinski definition) is 0. The Morgan fingerprint density at radius 3 is 2.15 bits per heavy atom. The Bertz CT molecular complexity index is 757. The van der Waals surface area contributed by atoms with Crippen LogP contribution in [0.4, 0.5) is 5.69 Å². The van der Waals surface area contributed by atoms with Gasteiger partial charge < -0.3 is 6.57 Å². The topological polar surface area (TPSA) is 38.5 Å². The Hall–Kier alpha value is -1.69. The van der Waals surface area contributed by atoms with Gasteiger partial charge in [0.2, 0.25) is 0 Å². The van der Waals surface area contributed by atoms with E-state index in [0.29, 0.717) is 5.69 Å². The molecule has 20 heavy (non-hydrogen) atoms. The quantitative estimate of drug-likeness (QED) is 0.628. The third kappa shape index (κ3) is 3.44. The van der Waals surface area contributed by atoms with Crippen LogP contribution in [0.3, 0.4) is 0 Å². The van der Waals surface area contributed by atoms with Crippen LogP contribution in [0.1, 0.15) is 5.56 Å². The van der Waals surface area contributed by atoms with Crippen molar-refractivity contribution in [2.45, 2.75) is 10.6 Å².